The Labute approximate surface area is 173 Å². The van der Waals surface area contributed by atoms with Crippen molar-refractivity contribution in [2.75, 3.05) is 6.61 Å². The first kappa shape index (κ1) is 19.4. The summed E-state index contributed by atoms with van der Waals surface area (Å²) in [5, 5.41) is 21.3. The third-order valence-corrected chi connectivity index (χ3v) is 5.15. The van der Waals surface area contributed by atoms with Crippen LogP contribution in [0.2, 0.25) is 0 Å². The molecule has 0 bridgehead atoms. The van der Waals surface area contributed by atoms with Crippen molar-refractivity contribution in [3.63, 3.8) is 0 Å². The number of alkyl carbamates (subject to hydrolysis) is 1. The number of carbonyl (C=O) groups is 2. The van der Waals surface area contributed by atoms with Crippen molar-refractivity contribution in [1.29, 1.82) is 0 Å². The predicted octanol–water partition coefficient (Wildman–Crippen LogP) is 3.32. The van der Waals surface area contributed by atoms with Crippen molar-refractivity contribution in [3.8, 4) is 16.9 Å². The normalized spacial score (nSPS) is 13.2. The Morgan fingerprint density at radius 2 is 1.67 bits per heavy atom. The van der Waals surface area contributed by atoms with Gasteiger partial charge in [0.2, 0.25) is 0 Å². The molecular formula is C23H20N2O5. The standard InChI is InChI=1S/C23H20N2O5/c26-15-9-14(11-24-12-15)10-21(22(27)28)25-23(29)30-13-20-18-7-3-1-5-16(18)17-6-2-4-8-19(17)20/h1-9,11-12,20-21,26H,10,13H2,(H,25,29)(H,27,28). The summed E-state index contributed by atoms with van der Waals surface area (Å²) in [6.07, 6.45) is 1.85. The van der Waals surface area contributed by atoms with Gasteiger partial charge in [-0.1, -0.05) is 48.5 Å². The van der Waals surface area contributed by atoms with E-state index >= 15 is 0 Å². The van der Waals surface area contributed by atoms with Crippen molar-refractivity contribution in [2.45, 2.75) is 18.4 Å². The molecule has 30 heavy (non-hydrogen) atoms. The minimum Gasteiger partial charge on any atom is -0.506 e. The fourth-order valence-corrected chi connectivity index (χ4v) is 3.80. The number of aromatic hydroxyl groups is 1. The van der Waals surface area contributed by atoms with Crippen molar-refractivity contribution < 1.29 is 24.5 Å². The quantitative estimate of drug-likeness (QED) is 0.582. The summed E-state index contributed by atoms with van der Waals surface area (Å²) in [5.74, 6) is -1.38. The molecule has 7 heteroatoms. The number of ether oxygens (including phenoxy) is 1. The minimum absolute atomic E-state index is 0.0269. The lowest BCUT2D eigenvalue weighted by atomic mass is 9.98. The highest BCUT2D eigenvalue weighted by Gasteiger charge is 2.29. The summed E-state index contributed by atoms with van der Waals surface area (Å²) < 4.78 is 5.40. The van der Waals surface area contributed by atoms with Crippen LogP contribution in [0.5, 0.6) is 5.75 Å². The number of fused-ring (bicyclic) bond motifs is 3. The van der Waals surface area contributed by atoms with E-state index in [0.717, 1.165) is 22.3 Å². The van der Waals surface area contributed by atoms with Gasteiger partial charge in [-0.2, -0.15) is 0 Å². The van der Waals surface area contributed by atoms with Gasteiger partial charge in [-0.05, 0) is 33.9 Å². The van der Waals surface area contributed by atoms with E-state index in [4.69, 9.17) is 4.74 Å². The first-order valence-electron chi connectivity index (χ1n) is 9.50. The van der Waals surface area contributed by atoms with Crippen LogP contribution in [0.3, 0.4) is 0 Å². The fourth-order valence-electron chi connectivity index (χ4n) is 3.80. The number of carboxylic acids is 1. The highest BCUT2D eigenvalue weighted by molar-refractivity contribution is 5.81. The van der Waals surface area contributed by atoms with Crippen LogP contribution < -0.4 is 5.32 Å². The summed E-state index contributed by atoms with van der Waals surface area (Å²) in [6, 6.07) is 16.1. The molecule has 1 heterocycles. The molecule has 1 aliphatic rings. The summed E-state index contributed by atoms with van der Waals surface area (Å²) in [4.78, 5) is 27.7. The first-order chi connectivity index (χ1) is 14.5. The molecule has 1 amide bonds. The topological polar surface area (TPSA) is 109 Å². The van der Waals surface area contributed by atoms with E-state index < -0.39 is 18.1 Å². The zero-order valence-corrected chi connectivity index (χ0v) is 16.0. The van der Waals surface area contributed by atoms with Crippen LogP contribution >= 0.6 is 0 Å². The van der Waals surface area contributed by atoms with Gasteiger partial charge in [-0.15, -0.1) is 0 Å². The molecule has 7 nitrogen and oxygen atoms in total. The van der Waals surface area contributed by atoms with Gasteiger partial charge in [0.1, 0.15) is 18.4 Å². The molecule has 3 N–H and O–H groups in total. The second-order valence-corrected chi connectivity index (χ2v) is 7.12. The molecule has 0 saturated heterocycles. The van der Waals surface area contributed by atoms with Crippen LogP contribution in [0.1, 0.15) is 22.6 Å². The van der Waals surface area contributed by atoms with Crippen molar-refractivity contribution in [1.82, 2.24) is 10.3 Å². The maximum Gasteiger partial charge on any atom is 0.407 e. The van der Waals surface area contributed by atoms with E-state index in [-0.39, 0.29) is 24.7 Å². The highest BCUT2D eigenvalue weighted by atomic mass is 16.5. The molecule has 0 fully saturated rings. The Morgan fingerprint density at radius 1 is 1.03 bits per heavy atom. The number of nitrogens with zero attached hydrogens (tertiary/aromatic N) is 1. The molecule has 2 aromatic carbocycles. The lowest BCUT2D eigenvalue weighted by Crippen LogP contribution is -2.42. The van der Waals surface area contributed by atoms with Gasteiger partial charge in [0.25, 0.3) is 0 Å². The maximum atomic E-state index is 12.3. The van der Waals surface area contributed by atoms with Gasteiger partial charge in [0.05, 0.1) is 6.20 Å². The number of pyridine rings is 1. The molecule has 3 aromatic rings. The molecule has 1 unspecified atom stereocenters. The van der Waals surface area contributed by atoms with E-state index in [2.05, 4.69) is 10.3 Å². The van der Waals surface area contributed by atoms with Crippen molar-refractivity contribution in [2.24, 2.45) is 0 Å². The molecule has 0 radical (unpaired) electrons. The largest absolute Gasteiger partial charge is 0.506 e. The monoisotopic (exact) mass is 404 g/mol. The molecular weight excluding hydrogens is 384 g/mol. The molecule has 0 spiro atoms. The number of hydrogen-bond donors (Lipinski definition) is 3. The average Bonchev–Trinajstić information content (AvgIpc) is 3.06. The fraction of sp³-hybridized carbons (Fsp3) is 0.174. The number of benzene rings is 2. The van der Waals surface area contributed by atoms with E-state index in [0.29, 0.717) is 5.56 Å². The molecule has 1 atom stereocenters. The number of rotatable bonds is 6. The second kappa shape index (κ2) is 8.24. The zero-order chi connectivity index (χ0) is 21.1. The predicted molar refractivity (Wildman–Crippen MR) is 109 cm³/mol. The van der Waals surface area contributed by atoms with Gasteiger partial charge in [-0.25, -0.2) is 9.59 Å². The number of carbonyl (C=O) groups excluding carboxylic acids is 1. The number of aromatic nitrogens is 1. The van der Waals surface area contributed by atoms with Crippen LogP contribution in [0.4, 0.5) is 4.79 Å². The molecule has 4 rings (SSSR count). The molecule has 1 aromatic heterocycles. The van der Waals surface area contributed by atoms with E-state index in [1.165, 1.54) is 18.5 Å². The average molecular weight is 404 g/mol. The van der Waals surface area contributed by atoms with Gasteiger partial charge < -0.3 is 20.3 Å². The van der Waals surface area contributed by atoms with E-state index in [1.807, 2.05) is 48.5 Å². The van der Waals surface area contributed by atoms with Crippen LogP contribution in [-0.2, 0) is 16.0 Å². The van der Waals surface area contributed by atoms with Gasteiger partial charge in [-0.3, -0.25) is 4.98 Å². The van der Waals surface area contributed by atoms with Gasteiger partial charge in [0, 0.05) is 18.5 Å². The number of carboxylic acid groups (broad SMARTS) is 1. The Bertz CT molecular complexity index is 1050. The van der Waals surface area contributed by atoms with Crippen molar-refractivity contribution >= 4 is 12.1 Å². The molecule has 1 aliphatic carbocycles. The summed E-state index contributed by atoms with van der Waals surface area (Å²) in [5.41, 5.74) is 4.87. The van der Waals surface area contributed by atoms with E-state index in [9.17, 15) is 19.8 Å². The lowest BCUT2D eigenvalue weighted by molar-refractivity contribution is -0.139. The Balaban J connectivity index is 1.43. The highest BCUT2D eigenvalue weighted by Crippen LogP contribution is 2.44. The molecule has 0 aliphatic heterocycles. The maximum absolute atomic E-state index is 12.3. The summed E-state index contributed by atoms with van der Waals surface area (Å²) in [7, 11) is 0. The Kier molecular flexibility index (Phi) is 5.34. The van der Waals surface area contributed by atoms with E-state index in [1.54, 1.807) is 0 Å². The van der Waals surface area contributed by atoms with Crippen molar-refractivity contribution in [3.05, 3.63) is 83.7 Å². The number of nitrogens with one attached hydrogen (secondary N) is 1. The Morgan fingerprint density at radius 3 is 2.27 bits per heavy atom. The number of amides is 1. The number of hydrogen-bond acceptors (Lipinski definition) is 5. The number of aliphatic carboxylic acids is 1. The lowest BCUT2D eigenvalue weighted by Gasteiger charge is -2.17. The third kappa shape index (κ3) is 3.96. The summed E-state index contributed by atoms with van der Waals surface area (Å²) in [6.45, 7) is 0.0971. The van der Waals surface area contributed by atoms with Crippen LogP contribution in [0.15, 0.2) is 67.0 Å². The van der Waals surface area contributed by atoms with Crippen LogP contribution in [0.25, 0.3) is 11.1 Å². The molecule has 152 valence electrons. The zero-order valence-electron chi connectivity index (χ0n) is 16.0. The molecule has 0 saturated carbocycles. The SMILES string of the molecule is O=C(NC(Cc1cncc(O)c1)C(=O)O)OCC1c2ccccc2-c2ccccc21. The minimum atomic E-state index is -1.20. The third-order valence-electron chi connectivity index (χ3n) is 5.15. The van der Waals surface area contributed by atoms with Crippen LogP contribution in [0, 0.1) is 0 Å². The van der Waals surface area contributed by atoms with Crippen LogP contribution in [-0.4, -0.2) is 39.9 Å². The Hall–Kier alpha value is -3.87. The second-order valence-electron chi connectivity index (χ2n) is 7.12. The smallest absolute Gasteiger partial charge is 0.407 e. The summed E-state index contributed by atoms with van der Waals surface area (Å²) >= 11 is 0. The first-order valence-corrected chi connectivity index (χ1v) is 9.50. The van der Waals surface area contributed by atoms with Gasteiger partial charge in [0.15, 0.2) is 0 Å². The van der Waals surface area contributed by atoms with Gasteiger partial charge >= 0.3 is 12.1 Å².